The average Bonchev–Trinajstić information content (AvgIpc) is 2.67. The Kier molecular flexibility index (Phi) is 5.01. The molecule has 1 aromatic heterocycles. The third-order valence-electron chi connectivity index (χ3n) is 2.46. The van der Waals surface area contributed by atoms with Gasteiger partial charge < -0.3 is 5.32 Å². The van der Waals surface area contributed by atoms with Gasteiger partial charge in [-0.15, -0.1) is 23.1 Å². The summed E-state index contributed by atoms with van der Waals surface area (Å²) in [5.74, 6) is 0.362. The number of carbonyl (C=O) groups excluding carboxylic acids is 1. The van der Waals surface area contributed by atoms with Crippen molar-refractivity contribution in [1.29, 1.82) is 0 Å². The predicted octanol–water partition coefficient (Wildman–Crippen LogP) is 4.25. The number of nitrogens with zero attached hydrogens (tertiary/aromatic N) is 1. The molecule has 0 saturated carbocycles. The number of anilines is 1. The number of hydrogen-bond acceptors (Lipinski definition) is 4. The lowest BCUT2D eigenvalue weighted by Gasteiger charge is -2.02. The highest BCUT2D eigenvalue weighted by molar-refractivity contribution is 9.10. The second-order valence-electron chi connectivity index (χ2n) is 3.95. The third-order valence-corrected chi connectivity index (χ3v) is 4.99. The Morgan fingerprint density at radius 2 is 2.05 bits per heavy atom. The molecule has 19 heavy (non-hydrogen) atoms. The van der Waals surface area contributed by atoms with Gasteiger partial charge in [0.25, 0.3) is 0 Å². The Morgan fingerprint density at radius 3 is 2.63 bits per heavy atom. The zero-order valence-corrected chi connectivity index (χ0v) is 13.8. The van der Waals surface area contributed by atoms with Crippen LogP contribution < -0.4 is 5.32 Å². The van der Waals surface area contributed by atoms with E-state index in [0.717, 1.165) is 19.9 Å². The lowest BCUT2D eigenvalue weighted by atomic mass is 10.4. The molecule has 6 heteroatoms. The topological polar surface area (TPSA) is 42.0 Å². The highest BCUT2D eigenvalue weighted by Crippen LogP contribution is 2.23. The number of halogens is 1. The summed E-state index contributed by atoms with van der Waals surface area (Å²) in [6.45, 7) is 3.94. The predicted molar refractivity (Wildman–Crippen MR) is 85.1 cm³/mol. The summed E-state index contributed by atoms with van der Waals surface area (Å²) >= 11 is 6.40. The molecule has 0 bridgehead atoms. The molecule has 1 aromatic carbocycles. The summed E-state index contributed by atoms with van der Waals surface area (Å²) < 4.78 is 1.04. The van der Waals surface area contributed by atoms with E-state index in [4.69, 9.17) is 0 Å². The van der Waals surface area contributed by atoms with Gasteiger partial charge in [-0.1, -0.05) is 15.9 Å². The molecule has 1 amide bonds. The van der Waals surface area contributed by atoms with E-state index in [0.29, 0.717) is 10.9 Å². The van der Waals surface area contributed by atoms with Crippen molar-refractivity contribution in [3.05, 3.63) is 39.3 Å². The molecule has 0 saturated heterocycles. The number of carbonyl (C=O) groups is 1. The fourth-order valence-electron chi connectivity index (χ4n) is 1.36. The molecule has 0 atom stereocenters. The number of aromatic nitrogens is 1. The fraction of sp³-hybridized carbons (Fsp3) is 0.231. The highest BCUT2D eigenvalue weighted by Gasteiger charge is 2.08. The molecule has 0 aliphatic carbocycles. The van der Waals surface area contributed by atoms with E-state index in [2.05, 4.69) is 26.2 Å². The Hall–Kier alpha value is -0.850. The van der Waals surface area contributed by atoms with Gasteiger partial charge in [-0.25, -0.2) is 4.98 Å². The van der Waals surface area contributed by atoms with E-state index in [-0.39, 0.29) is 5.91 Å². The van der Waals surface area contributed by atoms with Crippen LogP contribution in [0.5, 0.6) is 0 Å². The summed E-state index contributed by atoms with van der Waals surface area (Å²) in [5.41, 5.74) is 0.973. The van der Waals surface area contributed by atoms with Gasteiger partial charge in [-0.2, -0.15) is 0 Å². The summed E-state index contributed by atoms with van der Waals surface area (Å²) in [5, 5.41) is 3.50. The molecular weight excluding hydrogens is 344 g/mol. The number of thioether (sulfide) groups is 1. The van der Waals surface area contributed by atoms with Crippen molar-refractivity contribution in [2.45, 2.75) is 18.7 Å². The van der Waals surface area contributed by atoms with Gasteiger partial charge in [0.2, 0.25) is 5.91 Å². The summed E-state index contributed by atoms with van der Waals surface area (Å²) in [4.78, 5) is 18.3. The first-order chi connectivity index (χ1) is 9.04. The van der Waals surface area contributed by atoms with Crippen molar-refractivity contribution in [1.82, 2.24) is 4.98 Å². The smallest absolute Gasteiger partial charge is 0.236 e. The lowest BCUT2D eigenvalue weighted by molar-refractivity contribution is -0.113. The van der Waals surface area contributed by atoms with Crippen LogP contribution in [0.15, 0.2) is 33.6 Å². The molecule has 2 aromatic rings. The second kappa shape index (κ2) is 6.54. The number of thiazole rings is 1. The summed E-state index contributed by atoms with van der Waals surface area (Å²) in [6, 6.07) is 7.90. The van der Waals surface area contributed by atoms with Crippen LogP contribution in [0.25, 0.3) is 0 Å². The van der Waals surface area contributed by atoms with E-state index in [9.17, 15) is 4.79 Å². The van der Waals surface area contributed by atoms with Crippen LogP contribution in [0.3, 0.4) is 0 Å². The number of amides is 1. The number of benzene rings is 1. The third kappa shape index (κ3) is 4.33. The zero-order chi connectivity index (χ0) is 13.8. The van der Waals surface area contributed by atoms with Crippen molar-refractivity contribution in [2.75, 3.05) is 11.1 Å². The molecule has 0 aliphatic heterocycles. The van der Waals surface area contributed by atoms with Gasteiger partial charge in [0, 0.05) is 14.2 Å². The second-order valence-corrected chi connectivity index (χ2v) is 7.12. The Bertz CT molecular complexity index is 561. The van der Waals surface area contributed by atoms with Gasteiger partial charge in [0.1, 0.15) is 0 Å². The number of aryl methyl sites for hydroxylation is 2. The first-order valence-corrected chi connectivity index (χ1v) is 8.26. The molecule has 1 heterocycles. The summed E-state index contributed by atoms with van der Waals surface area (Å²) in [7, 11) is 0. The van der Waals surface area contributed by atoms with E-state index >= 15 is 0 Å². The lowest BCUT2D eigenvalue weighted by Crippen LogP contribution is -2.13. The van der Waals surface area contributed by atoms with Crippen LogP contribution in [0.4, 0.5) is 5.13 Å². The largest absolute Gasteiger partial charge is 0.301 e. The SMILES string of the molecule is Cc1nc(NC(=O)CSc2ccc(Br)cc2)sc1C. The van der Waals surface area contributed by atoms with Gasteiger partial charge >= 0.3 is 0 Å². The summed E-state index contributed by atoms with van der Waals surface area (Å²) in [6.07, 6.45) is 0. The van der Waals surface area contributed by atoms with E-state index < -0.39 is 0 Å². The van der Waals surface area contributed by atoms with Crippen LogP contribution in [0.2, 0.25) is 0 Å². The molecule has 1 N–H and O–H groups in total. The molecule has 0 unspecified atom stereocenters. The van der Waals surface area contributed by atoms with E-state index in [1.54, 1.807) is 0 Å². The minimum Gasteiger partial charge on any atom is -0.301 e. The molecule has 0 radical (unpaired) electrons. The maximum atomic E-state index is 11.8. The monoisotopic (exact) mass is 356 g/mol. The van der Waals surface area contributed by atoms with Crippen molar-refractivity contribution in [3.8, 4) is 0 Å². The van der Waals surface area contributed by atoms with Gasteiger partial charge in [0.15, 0.2) is 5.13 Å². The molecule has 100 valence electrons. The molecule has 0 aliphatic rings. The Morgan fingerprint density at radius 1 is 1.37 bits per heavy atom. The average molecular weight is 357 g/mol. The van der Waals surface area contributed by atoms with Crippen LogP contribution in [-0.4, -0.2) is 16.6 Å². The maximum Gasteiger partial charge on any atom is 0.236 e. The minimum atomic E-state index is -0.0262. The quantitative estimate of drug-likeness (QED) is 0.832. The molecule has 0 spiro atoms. The van der Waals surface area contributed by atoms with E-state index in [1.165, 1.54) is 23.1 Å². The molecule has 3 nitrogen and oxygen atoms in total. The van der Waals surface area contributed by atoms with E-state index in [1.807, 2.05) is 38.1 Å². The van der Waals surface area contributed by atoms with Crippen LogP contribution in [0, 0.1) is 13.8 Å². The first-order valence-electron chi connectivity index (χ1n) is 5.67. The fourth-order valence-corrected chi connectivity index (χ4v) is 3.15. The van der Waals surface area contributed by atoms with Crippen LogP contribution in [-0.2, 0) is 4.79 Å². The minimum absolute atomic E-state index is 0.0262. The molecule has 2 rings (SSSR count). The van der Waals surface area contributed by atoms with Crippen molar-refractivity contribution < 1.29 is 4.79 Å². The Labute approximate surface area is 129 Å². The maximum absolute atomic E-state index is 11.8. The molecular formula is C13H13BrN2OS2. The number of rotatable bonds is 4. The van der Waals surface area contributed by atoms with Crippen molar-refractivity contribution in [2.24, 2.45) is 0 Å². The number of nitrogens with one attached hydrogen (secondary N) is 1. The van der Waals surface area contributed by atoms with Crippen molar-refractivity contribution in [3.63, 3.8) is 0 Å². The standard InChI is InChI=1S/C13H13BrN2OS2/c1-8-9(2)19-13(15-8)16-12(17)7-18-11-5-3-10(14)4-6-11/h3-6H,7H2,1-2H3,(H,15,16,17). The van der Waals surface area contributed by atoms with Gasteiger partial charge in [0.05, 0.1) is 11.4 Å². The Balaban J connectivity index is 1.86. The van der Waals surface area contributed by atoms with Gasteiger partial charge in [-0.05, 0) is 38.1 Å². The van der Waals surface area contributed by atoms with Gasteiger partial charge in [-0.3, -0.25) is 4.79 Å². The van der Waals surface area contributed by atoms with Crippen LogP contribution >= 0.6 is 39.0 Å². The van der Waals surface area contributed by atoms with Crippen molar-refractivity contribution >= 4 is 50.1 Å². The number of hydrogen-bond donors (Lipinski definition) is 1. The molecule has 0 fully saturated rings. The first kappa shape index (κ1) is 14.6. The van der Waals surface area contributed by atoms with Crippen LogP contribution in [0.1, 0.15) is 10.6 Å². The normalized spacial score (nSPS) is 10.5. The highest BCUT2D eigenvalue weighted by atomic mass is 79.9. The zero-order valence-electron chi connectivity index (χ0n) is 10.6.